The summed E-state index contributed by atoms with van der Waals surface area (Å²) in [6.07, 6.45) is 1.50. The van der Waals surface area contributed by atoms with Crippen molar-refractivity contribution in [3.63, 3.8) is 0 Å². The van der Waals surface area contributed by atoms with Gasteiger partial charge in [-0.05, 0) is 30.3 Å². The van der Waals surface area contributed by atoms with Crippen molar-refractivity contribution in [2.45, 2.75) is 6.54 Å². The summed E-state index contributed by atoms with van der Waals surface area (Å²) in [4.78, 5) is 27.6. The van der Waals surface area contributed by atoms with E-state index in [-0.39, 0.29) is 35.9 Å². The predicted molar refractivity (Wildman–Crippen MR) is 114 cm³/mol. The number of halogens is 1. The molecule has 0 atom stereocenters. The van der Waals surface area contributed by atoms with Crippen molar-refractivity contribution in [1.29, 1.82) is 0 Å². The van der Waals surface area contributed by atoms with Gasteiger partial charge in [-0.3, -0.25) is 9.59 Å². The molecule has 11 heteroatoms. The number of amides is 2. The van der Waals surface area contributed by atoms with Crippen LogP contribution in [0.15, 0.2) is 54.7 Å². The molecule has 0 unspecified atom stereocenters. The second kappa shape index (κ2) is 9.35. The number of fused-ring (bicyclic) bond motifs is 1. The molecule has 0 radical (unpaired) electrons. The molecule has 0 bridgehead atoms. The van der Waals surface area contributed by atoms with Crippen LogP contribution in [0.25, 0.3) is 11.0 Å². The first kappa shape index (κ1) is 21.1. The first-order chi connectivity index (χ1) is 15.5. The summed E-state index contributed by atoms with van der Waals surface area (Å²) < 4.78 is 33.4. The summed E-state index contributed by atoms with van der Waals surface area (Å²) in [5.41, 5.74) is 6.84. The fourth-order valence-electron chi connectivity index (χ4n) is 2.77. The molecule has 0 fully saturated rings. The Morgan fingerprint density at radius 1 is 1.06 bits per heavy atom. The lowest BCUT2D eigenvalue weighted by atomic mass is 10.2. The van der Waals surface area contributed by atoms with Crippen molar-refractivity contribution in [2.24, 2.45) is 5.73 Å². The fraction of sp³-hybridized carbons (Fsp3) is 0.0952. The Bertz CT molecular complexity index is 1300. The van der Waals surface area contributed by atoms with Crippen LogP contribution < -0.4 is 20.5 Å². The summed E-state index contributed by atoms with van der Waals surface area (Å²) in [6.45, 7) is -0.434. The second-order valence-electron chi connectivity index (χ2n) is 6.56. The van der Waals surface area contributed by atoms with E-state index < -0.39 is 17.6 Å². The van der Waals surface area contributed by atoms with E-state index >= 15 is 0 Å². The topological polar surface area (TPSA) is 129 Å². The highest BCUT2D eigenvalue weighted by atomic mass is 32.1. The molecule has 4 rings (SSSR count). The molecule has 2 aromatic carbocycles. The number of pyridine rings is 1. The third-order valence-corrected chi connectivity index (χ3v) is 4.86. The zero-order valence-corrected chi connectivity index (χ0v) is 17.3. The number of hydrogen-bond acceptors (Lipinski definition) is 8. The minimum atomic E-state index is -0.667. The minimum Gasteiger partial charge on any atom is -0.484 e. The van der Waals surface area contributed by atoms with Gasteiger partial charge in [0.25, 0.3) is 11.8 Å². The van der Waals surface area contributed by atoms with Gasteiger partial charge in [-0.1, -0.05) is 6.07 Å². The van der Waals surface area contributed by atoms with Crippen LogP contribution in [-0.2, 0) is 11.3 Å². The van der Waals surface area contributed by atoms with Gasteiger partial charge >= 0.3 is 0 Å². The van der Waals surface area contributed by atoms with E-state index in [1.807, 2.05) is 0 Å². The summed E-state index contributed by atoms with van der Waals surface area (Å²) in [5.74, 6) is -1.04. The summed E-state index contributed by atoms with van der Waals surface area (Å²) in [6, 6.07) is 12.4. The standard InChI is InChI=1S/C21H16FN5O4S/c22-16-8-13(30-11-19(23)28)4-3-12(16)10-25-20(29)15-2-1-7-24-21(15)31-14-5-6-17-18(9-14)27-32-26-17/h1-9H,10-11H2,(H2,23,28)(H,25,29). The highest BCUT2D eigenvalue weighted by Crippen LogP contribution is 2.26. The van der Waals surface area contributed by atoms with Crippen LogP contribution in [-0.4, -0.2) is 32.2 Å². The average Bonchev–Trinajstić information content (AvgIpc) is 3.25. The predicted octanol–water partition coefficient (Wildman–Crippen LogP) is 2.81. The van der Waals surface area contributed by atoms with Gasteiger partial charge in [-0.25, -0.2) is 9.37 Å². The molecule has 32 heavy (non-hydrogen) atoms. The Labute approximate surface area is 185 Å². The Kier molecular flexibility index (Phi) is 6.17. The number of nitrogens with zero attached hydrogens (tertiary/aromatic N) is 3. The van der Waals surface area contributed by atoms with E-state index in [0.29, 0.717) is 11.3 Å². The SMILES string of the molecule is NC(=O)COc1ccc(CNC(=O)c2cccnc2Oc2ccc3nsnc3c2)c(F)c1. The summed E-state index contributed by atoms with van der Waals surface area (Å²) in [7, 11) is 0. The van der Waals surface area contributed by atoms with Crippen LogP contribution in [0.3, 0.4) is 0 Å². The van der Waals surface area contributed by atoms with Gasteiger partial charge in [0, 0.05) is 30.4 Å². The molecular weight excluding hydrogens is 437 g/mol. The number of primary amides is 1. The third kappa shape index (κ3) is 4.95. The zero-order valence-electron chi connectivity index (χ0n) is 16.4. The number of rotatable bonds is 8. The third-order valence-electron chi connectivity index (χ3n) is 4.30. The molecule has 0 aliphatic heterocycles. The molecule has 2 amide bonds. The van der Waals surface area contributed by atoms with Crippen molar-refractivity contribution in [3.8, 4) is 17.4 Å². The Hall–Kier alpha value is -4.12. The maximum absolute atomic E-state index is 14.3. The number of carbonyl (C=O) groups excluding carboxylic acids is 2. The van der Waals surface area contributed by atoms with Crippen LogP contribution in [0.1, 0.15) is 15.9 Å². The zero-order chi connectivity index (χ0) is 22.5. The Balaban J connectivity index is 1.44. The average molecular weight is 453 g/mol. The van der Waals surface area contributed by atoms with Gasteiger partial charge in [0.05, 0.1) is 11.7 Å². The van der Waals surface area contributed by atoms with Gasteiger partial charge in [0.2, 0.25) is 5.88 Å². The largest absolute Gasteiger partial charge is 0.484 e. The normalized spacial score (nSPS) is 10.7. The lowest BCUT2D eigenvalue weighted by Crippen LogP contribution is -2.24. The molecule has 3 N–H and O–H groups in total. The number of nitrogens with one attached hydrogen (secondary N) is 1. The molecular formula is C21H16FN5O4S. The summed E-state index contributed by atoms with van der Waals surface area (Å²) >= 11 is 1.09. The maximum atomic E-state index is 14.3. The lowest BCUT2D eigenvalue weighted by molar-refractivity contribution is -0.119. The molecule has 0 spiro atoms. The summed E-state index contributed by atoms with van der Waals surface area (Å²) in [5, 5.41) is 2.64. The molecule has 2 heterocycles. The molecule has 162 valence electrons. The first-order valence-corrected chi connectivity index (χ1v) is 10.1. The molecule has 0 saturated carbocycles. The van der Waals surface area contributed by atoms with E-state index in [0.717, 1.165) is 23.3 Å². The van der Waals surface area contributed by atoms with E-state index in [4.69, 9.17) is 15.2 Å². The second-order valence-corrected chi connectivity index (χ2v) is 7.09. The van der Waals surface area contributed by atoms with Crippen LogP contribution in [0, 0.1) is 5.82 Å². The quantitative estimate of drug-likeness (QED) is 0.420. The number of nitrogens with two attached hydrogens (primary N) is 1. The lowest BCUT2D eigenvalue weighted by Gasteiger charge is -2.11. The van der Waals surface area contributed by atoms with Crippen LogP contribution in [0.2, 0.25) is 0 Å². The van der Waals surface area contributed by atoms with E-state index in [9.17, 15) is 14.0 Å². The maximum Gasteiger partial charge on any atom is 0.257 e. The number of benzene rings is 2. The smallest absolute Gasteiger partial charge is 0.257 e. The van der Waals surface area contributed by atoms with Gasteiger partial charge in [-0.2, -0.15) is 8.75 Å². The van der Waals surface area contributed by atoms with E-state index in [1.165, 1.54) is 18.3 Å². The van der Waals surface area contributed by atoms with Crippen molar-refractivity contribution in [1.82, 2.24) is 19.0 Å². The number of hydrogen-bond donors (Lipinski definition) is 2. The molecule has 0 aliphatic rings. The molecule has 0 aliphatic carbocycles. The minimum absolute atomic E-state index is 0.0778. The number of carbonyl (C=O) groups is 2. The van der Waals surface area contributed by atoms with Gasteiger partial charge in [-0.15, -0.1) is 0 Å². The molecule has 0 saturated heterocycles. The molecule has 4 aromatic rings. The van der Waals surface area contributed by atoms with Crippen LogP contribution in [0.5, 0.6) is 17.4 Å². The number of aromatic nitrogens is 3. The highest BCUT2D eigenvalue weighted by Gasteiger charge is 2.16. The Morgan fingerprint density at radius 3 is 2.69 bits per heavy atom. The van der Waals surface area contributed by atoms with E-state index in [2.05, 4.69) is 19.0 Å². The highest BCUT2D eigenvalue weighted by molar-refractivity contribution is 7.00. The van der Waals surface area contributed by atoms with Crippen molar-refractivity contribution in [3.05, 3.63) is 71.7 Å². The molecule has 2 aromatic heterocycles. The number of ether oxygens (including phenoxy) is 2. The van der Waals surface area contributed by atoms with Crippen LogP contribution >= 0.6 is 11.7 Å². The van der Waals surface area contributed by atoms with E-state index in [1.54, 1.807) is 30.3 Å². The van der Waals surface area contributed by atoms with Gasteiger partial charge in [0.15, 0.2) is 6.61 Å². The fourth-order valence-corrected chi connectivity index (χ4v) is 3.29. The van der Waals surface area contributed by atoms with Crippen molar-refractivity contribution < 1.29 is 23.5 Å². The monoisotopic (exact) mass is 453 g/mol. The molecule has 9 nitrogen and oxygen atoms in total. The van der Waals surface area contributed by atoms with Gasteiger partial charge < -0.3 is 20.5 Å². The van der Waals surface area contributed by atoms with Crippen molar-refractivity contribution in [2.75, 3.05) is 6.61 Å². The van der Waals surface area contributed by atoms with Crippen LogP contribution in [0.4, 0.5) is 4.39 Å². The first-order valence-electron chi connectivity index (χ1n) is 9.32. The Morgan fingerprint density at radius 2 is 1.88 bits per heavy atom. The van der Waals surface area contributed by atoms with Gasteiger partial charge in [0.1, 0.15) is 33.9 Å². The van der Waals surface area contributed by atoms with Crippen molar-refractivity contribution >= 4 is 34.6 Å².